The maximum atomic E-state index is 6.71. The first-order valence-corrected chi connectivity index (χ1v) is 36.0. The van der Waals surface area contributed by atoms with Crippen molar-refractivity contribution in [2.45, 2.75) is 38.5 Å². The smallest absolute Gasteiger partial charge is 0.503 e. The minimum absolute atomic E-state index is 0. The molecule has 0 bridgehead atoms. The number of rotatable bonds is 6. The van der Waals surface area contributed by atoms with E-state index in [0.717, 1.165) is 106 Å². The van der Waals surface area contributed by atoms with Gasteiger partial charge in [0.2, 0.25) is 0 Å². The molecule has 0 saturated carbocycles. The second kappa shape index (κ2) is 22.4. The van der Waals surface area contributed by atoms with Gasteiger partial charge in [0.15, 0.2) is 0 Å². The molecule has 10 aromatic heterocycles. The SMILES string of the molecule is CC1(C)c2cccnc2-n2c3[c-]c(Oc4[c-]c5c(cc4)c4cc6c7ccccc7n(-c7ccccc7)c6cc4n4ccnc54)ccc3c3cccc1c32.CC1(C)c2cccnc2-n2c3cc(Oc4ccc5c6cc7c8ccccc8n(-c8ccccc8)c7cc6n6ccnc6c5c4)ccc3c3cccc1c32.[Pd+2]. The molecule has 0 spiro atoms. The van der Waals surface area contributed by atoms with Crippen LogP contribution in [-0.4, -0.2) is 47.0 Å². The van der Waals surface area contributed by atoms with Gasteiger partial charge in [-0.15, -0.1) is 29.7 Å². The van der Waals surface area contributed by atoms with E-state index in [1.54, 1.807) is 0 Å². The molecule has 0 N–H and O–H groups in total. The molecule has 0 unspecified atom stereocenters. The number of imidazole rings is 2. The summed E-state index contributed by atoms with van der Waals surface area (Å²) in [6.45, 7) is 9.15. The number of hydrogen-bond acceptors (Lipinski definition) is 6. The van der Waals surface area contributed by atoms with E-state index >= 15 is 0 Å². The molecule has 0 amide bonds. The summed E-state index contributed by atoms with van der Waals surface area (Å²) in [5.41, 5.74) is 20.0. The number of para-hydroxylation sites is 6. The van der Waals surface area contributed by atoms with Crippen LogP contribution >= 0.6 is 0 Å². The first-order valence-electron chi connectivity index (χ1n) is 36.0. The first-order chi connectivity index (χ1) is 52.1. The van der Waals surface area contributed by atoms with Crippen LogP contribution in [0.1, 0.15) is 49.9 Å². The molecule has 0 radical (unpaired) electrons. The van der Waals surface area contributed by atoms with Crippen molar-refractivity contribution in [1.82, 2.24) is 47.0 Å². The normalized spacial score (nSPS) is 13.5. The zero-order valence-electron chi connectivity index (χ0n) is 58.3. The average molecular weight is 1470 g/mol. The average Bonchev–Trinajstić information content (AvgIpc) is 1.58. The largest absolute Gasteiger partial charge is 2.00 e. The molecule has 0 saturated heterocycles. The summed E-state index contributed by atoms with van der Waals surface area (Å²) in [6, 6.07) is 97.9. The Labute approximate surface area is 625 Å². The van der Waals surface area contributed by atoms with Crippen molar-refractivity contribution >= 4 is 142 Å². The van der Waals surface area contributed by atoms with Gasteiger partial charge < -0.3 is 27.6 Å². The standard InChI is InChI=1S/C47H31N5O.C47H29N5O.Pd/c2*1-47(2)38-14-8-13-34-33-20-18-30(25-42(33)52(44(34)38)46-39(47)15-9-21-48-46)53-29-17-19-31-35-26-36-32-12-6-7-16-40(32)51(28-10-4-3-5-11-28)43(36)27-41(35)50-23-22-49-45(50)37(31)24-29;/h3-27H,1-2H3;3-23,26-27H,1-2H3;/q;-2;+2. The van der Waals surface area contributed by atoms with Crippen LogP contribution in [0.5, 0.6) is 23.0 Å². The molecule has 2 aliphatic rings. The maximum Gasteiger partial charge on any atom is 2.00 e. The summed E-state index contributed by atoms with van der Waals surface area (Å²) in [6.07, 6.45) is 11.6. The molecule has 24 rings (SSSR count). The first kappa shape index (κ1) is 61.3. The third-order valence-electron chi connectivity index (χ3n) is 22.9. The van der Waals surface area contributed by atoms with E-state index in [1.807, 2.05) is 55.2 Å². The van der Waals surface area contributed by atoms with Gasteiger partial charge in [-0.05, 0) is 124 Å². The Morgan fingerprint density at radius 2 is 0.766 bits per heavy atom. The zero-order valence-corrected chi connectivity index (χ0v) is 59.9. The molecule has 508 valence electrons. The molecule has 12 heterocycles. The number of aromatic nitrogens is 10. The van der Waals surface area contributed by atoms with Crippen molar-refractivity contribution in [3.63, 3.8) is 0 Å². The van der Waals surface area contributed by atoms with Crippen LogP contribution in [0, 0.1) is 12.1 Å². The Kier molecular flexibility index (Phi) is 12.8. The molecule has 0 aliphatic carbocycles. The molecule has 12 aromatic carbocycles. The Morgan fingerprint density at radius 1 is 0.299 bits per heavy atom. The van der Waals surface area contributed by atoms with Crippen LogP contribution in [0.3, 0.4) is 0 Å². The Morgan fingerprint density at radius 3 is 1.40 bits per heavy atom. The molecule has 13 heteroatoms. The number of fused-ring (bicyclic) bond motifs is 28. The fourth-order valence-corrected chi connectivity index (χ4v) is 18.1. The minimum atomic E-state index is -0.181. The zero-order chi connectivity index (χ0) is 70.0. The third-order valence-corrected chi connectivity index (χ3v) is 22.9. The van der Waals surface area contributed by atoms with E-state index in [-0.39, 0.29) is 31.3 Å². The molecule has 0 fully saturated rings. The summed E-state index contributed by atoms with van der Waals surface area (Å²) in [5, 5.41) is 16.1. The van der Waals surface area contributed by atoms with Crippen LogP contribution in [0.4, 0.5) is 0 Å². The van der Waals surface area contributed by atoms with Crippen molar-refractivity contribution in [2.75, 3.05) is 0 Å². The minimum Gasteiger partial charge on any atom is -0.503 e. The van der Waals surface area contributed by atoms with Crippen molar-refractivity contribution in [3.8, 4) is 46.0 Å². The number of ether oxygens (including phenoxy) is 2. The predicted molar refractivity (Wildman–Crippen MR) is 428 cm³/mol. The van der Waals surface area contributed by atoms with Gasteiger partial charge in [-0.1, -0.05) is 177 Å². The summed E-state index contributed by atoms with van der Waals surface area (Å²) in [5.74, 6) is 4.68. The van der Waals surface area contributed by atoms with Gasteiger partial charge in [-0.2, -0.15) is 6.07 Å². The van der Waals surface area contributed by atoms with Crippen molar-refractivity contribution < 1.29 is 29.9 Å². The number of pyridine rings is 4. The Bertz CT molecular complexity index is 7150. The number of nitrogens with zero attached hydrogens (tertiary/aromatic N) is 10. The van der Waals surface area contributed by atoms with Gasteiger partial charge in [0.1, 0.15) is 28.8 Å². The van der Waals surface area contributed by atoms with Crippen LogP contribution in [0.25, 0.3) is 165 Å². The van der Waals surface area contributed by atoms with Gasteiger partial charge in [-0.3, -0.25) is 14.0 Å². The van der Waals surface area contributed by atoms with Gasteiger partial charge >= 0.3 is 20.4 Å². The summed E-state index contributed by atoms with van der Waals surface area (Å²) in [4.78, 5) is 19.5. The van der Waals surface area contributed by atoms with Crippen molar-refractivity contribution in [2.24, 2.45) is 0 Å². The number of benzene rings is 12. The fraction of sp³-hybridized carbons (Fsp3) is 0.0638. The van der Waals surface area contributed by atoms with Gasteiger partial charge in [0.25, 0.3) is 0 Å². The van der Waals surface area contributed by atoms with E-state index in [9.17, 15) is 0 Å². The summed E-state index contributed by atoms with van der Waals surface area (Å²) < 4.78 is 27.0. The van der Waals surface area contributed by atoms with Crippen LogP contribution in [0.15, 0.2) is 292 Å². The van der Waals surface area contributed by atoms with E-state index in [4.69, 9.17) is 29.4 Å². The van der Waals surface area contributed by atoms with E-state index < -0.39 is 0 Å². The fourth-order valence-electron chi connectivity index (χ4n) is 18.1. The monoisotopic (exact) mass is 1470 g/mol. The van der Waals surface area contributed by atoms with Gasteiger partial charge in [-0.25, -0.2) is 15.0 Å². The molecule has 22 aromatic rings. The van der Waals surface area contributed by atoms with E-state index in [0.29, 0.717) is 11.5 Å². The molecule has 0 atom stereocenters. The molecular weight excluding hydrogens is 1410 g/mol. The third kappa shape index (κ3) is 8.57. The van der Waals surface area contributed by atoms with Gasteiger partial charge in [0, 0.05) is 142 Å². The van der Waals surface area contributed by atoms with E-state index in [1.165, 1.54) is 92.9 Å². The quantitative estimate of drug-likeness (QED) is 0.0934. The van der Waals surface area contributed by atoms with Crippen molar-refractivity contribution in [3.05, 3.63) is 326 Å². The molecular formula is C94H60N10O2Pd. The van der Waals surface area contributed by atoms with Gasteiger partial charge in [0.05, 0.1) is 44.3 Å². The Hall–Kier alpha value is -13.2. The maximum absolute atomic E-state index is 6.71. The van der Waals surface area contributed by atoms with E-state index in [2.05, 4.69) is 304 Å². The van der Waals surface area contributed by atoms with Crippen molar-refractivity contribution in [1.29, 1.82) is 0 Å². The number of hydrogen-bond donors (Lipinski definition) is 0. The summed E-state index contributed by atoms with van der Waals surface area (Å²) >= 11 is 0. The van der Waals surface area contributed by atoms with Crippen LogP contribution in [-0.2, 0) is 31.3 Å². The molecule has 12 nitrogen and oxygen atoms in total. The van der Waals surface area contributed by atoms with Crippen LogP contribution in [0.2, 0.25) is 0 Å². The Balaban J connectivity index is 0.000000132. The molecule has 2 aliphatic heterocycles. The molecule has 107 heavy (non-hydrogen) atoms. The topological polar surface area (TPSA) is 98.6 Å². The summed E-state index contributed by atoms with van der Waals surface area (Å²) in [7, 11) is 0. The second-order valence-corrected chi connectivity index (χ2v) is 29.3. The predicted octanol–water partition coefficient (Wildman–Crippen LogP) is 22.9. The second-order valence-electron chi connectivity index (χ2n) is 29.3. The van der Waals surface area contributed by atoms with Crippen LogP contribution < -0.4 is 9.47 Å².